The van der Waals surface area contributed by atoms with E-state index in [4.69, 9.17) is 5.73 Å². The molecule has 20 heavy (non-hydrogen) atoms. The second kappa shape index (κ2) is 5.24. The van der Waals surface area contributed by atoms with Gasteiger partial charge in [-0.25, -0.2) is 4.98 Å². The van der Waals surface area contributed by atoms with Gasteiger partial charge in [-0.3, -0.25) is 9.89 Å². The van der Waals surface area contributed by atoms with Crippen molar-refractivity contribution in [3.63, 3.8) is 0 Å². The van der Waals surface area contributed by atoms with Crippen molar-refractivity contribution in [1.29, 1.82) is 0 Å². The average Bonchev–Trinajstić information content (AvgIpc) is 2.92. The Balaban J connectivity index is 1.45. The van der Waals surface area contributed by atoms with E-state index in [2.05, 4.69) is 20.5 Å². The van der Waals surface area contributed by atoms with Crippen LogP contribution in [0.1, 0.15) is 35.2 Å². The van der Waals surface area contributed by atoms with Gasteiger partial charge in [-0.15, -0.1) is 11.3 Å². The predicted octanol–water partition coefficient (Wildman–Crippen LogP) is 1.36. The van der Waals surface area contributed by atoms with Crippen LogP contribution in [0.3, 0.4) is 0 Å². The molecule has 1 aliphatic rings. The summed E-state index contributed by atoms with van der Waals surface area (Å²) in [5.41, 5.74) is 7.49. The number of anilines is 1. The number of thiazole rings is 1. The van der Waals surface area contributed by atoms with E-state index >= 15 is 0 Å². The number of carbonyl (C=O) groups excluding carboxylic acids is 1. The lowest BCUT2D eigenvalue weighted by molar-refractivity contribution is -0.121. The highest BCUT2D eigenvalue weighted by molar-refractivity contribution is 7.09. The van der Waals surface area contributed by atoms with Gasteiger partial charge in [0.15, 0.2) is 0 Å². The normalized spacial score (nSPS) is 21.4. The van der Waals surface area contributed by atoms with Crippen molar-refractivity contribution in [3.05, 3.63) is 27.8 Å². The summed E-state index contributed by atoms with van der Waals surface area (Å²) in [5.74, 6) is 0.987. The molecule has 2 aromatic rings. The zero-order valence-corrected chi connectivity index (χ0v) is 12.0. The molecular weight excluding hydrogens is 274 g/mol. The number of nitrogens with zero attached hydrogens (tertiary/aromatic N) is 2. The zero-order chi connectivity index (χ0) is 14.1. The Morgan fingerprint density at radius 1 is 1.60 bits per heavy atom. The van der Waals surface area contributed by atoms with Gasteiger partial charge in [-0.2, -0.15) is 5.10 Å². The number of nitrogens with two attached hydrogens (primary N) is 1. The SMILES string of the molecule is Cc1nc(CC(=O)NC2CC(c3cc(N)n[nH]3)C2)cs1. The van der Waals surface area contributed by atoms with Crippen molar-refractivity contribution in [2.24, 2.45) is 0 Å². The van der Waals surface area contributed by atoms with Crippen LogP contribution in [0.25, 0.3) is 0 Å². The molecule has 106 valence electrons. The van der Waals surface area contributed by atoms with E-state index in [1.165, 1.54) is 0 Å². The Bertz CT molecular complexity index is 614. The van der Waals surface area contributed by atoms with Gasteiger partial charge in [-0.05, 0) is 19.8 Å². The van der Waals surface area contributed by atoms with E-state index in [1.807, 2.05) is 18.4 Å². The van der Waals surface area contributed by atoms with Crippen molar-refractivity contribution >= 4 is 23.1 Å². The van der Waals surface area contributed by atoms with Crippen LogP contribution >= 0.6 is 11.3 Å². The van der Waals surface area contributed by atoms with E-state index in [9.17, 15) is 4.79 Å². The molecule has 1 fully saturated rings. The summed E-state index contributed by atoms with van der Waals surface area (Å²) in [6.45, 7) is 1.94. The number of nitrogens with one attached hydrogen (secondary N) is 2. The molecule has 0 unspecified atom stereocenters. The predicted molar refractivity (Wildman–Crippen MR) is 77.5 cm³/mol. The average molecular weight is 291 g/mol. The number of rotatable bonds is 4. The minimum absolute atomic E-state index is 0.0443. The summed E-state index contributed by atoms with van der Waals surface area (Å²) in [5, 5.41) is 12.8. The molecule has 1 aliphatic carbocycles. The van der Waals surface area contributed by atoms with Crippen LogP contribution in [0, 0.1) is 6.92 Å². The molecule has 0 aliphatic heterocycles. The highest BCUT2D eigenvalue weighted by atomic mass is 32.1. The summed E-state index contributed by atoms with van der Waals surface area (Å²) in [4.78, 5) is 16.2. The molecule has 1 saturated carbocycles. The first-order valence-electron chi connectivity index (χ1n) is 6.61. The Morgan fingerprint density at radius 2 is 2.40 bits per heavy atom. The first-order chi connectivity index (χ1) is 9.60. The topological polar surface area (TPSA) is 96.7 Å². The van der Waals surface area contributed by atoms with Gasteiger partial charge in [0.05, 0.1) is 17.1 Å². The Kier molecular flexibility index (Phi) is 3.43. The third-order valence-corrected chi connectivity index (χ3v) is 4.39. The number of nitrogen functional groups attached to an aromatic ring is 1. The van der Waals surface area contributed by atoms with Gasteiger partial charge in [0, 0.05) is 29.1 Å². The smallest absolute Gasteiger partial charge is 0.226 e. The lowest BCUT2D eigenvalue weighted by Crippen LogP contribution is -2.44. The second-order valence-corrected chi connectivity index (χ2v) is 6.28. The summed E-state index contributed by atoms with van der Waals surface area (Å²) >= 11 is 1.57. The van der Waals surface area contributed by atoms with Crippen molar-refractivity contribution in [3.8, 4) is 0 Å². The third kappa shape index (κ3) is 2.82. The van der Waals surface area contributed by atoms with Gasteiger partial charge < -0.3 is 11.1 Å². The highest BCUT2D eigenvalue weighted by Crippen LogP contribution is 2.36. The van der Waals surface area contributed by atoms with Crippen molar-refractivity contribution in [2.45, 2.75) is 38.1 Å². The van der Waals surface area contributed by atoms with Crippen molar-refractivity contribution < 1.29 is 4.79 Å². The first kappa shape index (κ1) is 13.1. The molecule has 0 radical (unpaired) electrons. The summed E-state index contributed by atoms with van der Waals surface area (Å²) in [6.07, 6.45) is 2.23. The lowest BCUT2D eigenvalue weighted by atomic mass is 9.78. The van der Waals surface area contributed by atoms with Gasteiger partial charge in [0.2, 0.25) is 5.91 Å². The van der Waals surface area contributed by atoms with Crippen LogP contribution < -0.4 is 11.1 Å². The van der Waals surface area contributed by atoms with E-state index in [1.54, 1.807) is 11.3 Å². The lowest BCUT2D eigenvalue weighted by Gasteiger charge is -2.35. The van der Waals surface area contributed by atoms with Gasteiger partial charge >= 0.3 is 0 Å². The van der Waals surface area contributed by atoms with E-state index < -0.39 is 0 Å². The fraction of sp³-hybridized carbons (Fsp3) is 0.462. The first-order valence-corrected chi connectivity index (χ1v) is 7.49. The molecule has 0 saturated heterocycles. The number of hydrogen-bond donors (Lipinski definition) is 3. The van der Waals surface area contributed by atoms with Crippen LogP contribution in [-0.2, 0) is 11.2 Å². The number of amides is 1. The number of hydrogen-bond acceptors (Lipinski definition) is 5. The van der Waals surface area contributed by atoms with Crippen LogP contribution in [0.4, 0.5) is 5.82 Å². The molecule has 4 N–H and O–H groups in total. The molecule has 7 heteroatoms. The Hall–Kier alpha value is -1.89. The Morgan fingerprint density at radius 3 is 3.00 bits per heavy atom. The quantitative estimate of drug-likeness (QED) is 0.792. The van der Waals surface area contributed by atoms with Crippen molar-refractivity contribution in [2.75, 3.05) is 5.73 Å². The van der Waals surface area contributed by atoms with Crippen LogP contribution in [0.5, 0.6) is 0 Å². The third-order valence-electron chi connectivity index (χ3n) is 3.57. The highest BCUT2D eigenvalue weighted by Gasteiger charge is 2.32. The van der Waals surface area contributed by atoms with Gasteiger partial charge in [0.25, 0.3) is 0 Å². The van der Waals surface area contributed by atoms with Crippen LogP contribution in [0.2, 0.25) is 0 Å². The number of H-pyrrole nitrogens is 1. The minimum Gasteiger partial charge on any atom is -0.382 e. The molecule has 1 amide bonds. The van der Waals surface area contributed by atoms with Gasteiger partial charge in [0.1, 0.15) is 5.82 Å². The molecule has 0 aromatic carbocycles. The molecule has 2 heterocycles. The van der Waals surface area contributed by atoms with E-state index in [0.717, 1.165) is 29.2 Å². The number of aromatic nitrogens is 3. The summed E-state index contributed by atoms with van der Waals surface area (Å²) < 4.78 is 0. The number of aromatic amines is 1. The Labute approximate surface area is 120 Å². The van der Waals surface area contributed by atoms with Crippen LogP contribution in [-0.4, -0.2) is 27.1 Å². The fourth-order valence-corrected chi connectivity index (χ4v) is 3.10. The summed E-state index contributed by atoms with van der Waals surface area (Å²) in [6, 6.07) is 2.11. The van der Waals surface area contributed by atoms with E-state index in [-0.39, 0.29) is 11.9 Å². The molecular formula is C13H17N5OS. The monoisotopic (exact) mass is 291 g/mol. The maximum absolute atomic E-state index is 11.9. The fourth-order valence-electron chi connectivity index (χ4n) is 2.48. The molecule has 0 spiro atoms. The minimum atomic E-state index is 0.0443. The number of carbonyl (C=O) groups is 1. The van der Waals surface area contributed by atoms with Crippen LogP contribution in [0.15, 0.2) is 11.4 Å². The second-order valence-electron chi connectivity index (χ2n) is 5.22. The molecule has 0 bridgehead atoms. The van der Waals surface area contributed by atoms with E-state index in [0.29, 0.717) is 18.2 Å². The largest absolute Gasteiger partial charge is 0.382 e. The maximum Gasteiger partial charge on any atom is 0.226 e. The summed E-state index contributed by atoms with van der Waals surface area (Å²) in [7, 11) is 0. The number of aryl methyl sites for hydroxylation is 1. The zero-order valence-electron chi connectivity index (χ0n) is 11.2. The molecule has 2 aromatic heterocycles. The van der Waals surface area contributed by atoms with Gasteiger partial charge in [-0.1, -0.05) is 0 Å². The molecule has 3 rings (SSSR count). The van der Waals surface area contributed by atoms with Crippen molar-refractivity contribution in [1.82, 2.24) is 20.5 Å². The molecule has 6 nitrogen and oxygen atoms in total. The molecule has 0 atom stereocenters. The maximum atomic E-state index is 11.9. The standard InChI is InChI=1S/C13H17N5OS/c1-7-15-10(6-20-7)4-13(19)16-9-2-8(3-9)11-5-12(14)18-17-11/h5-6,8-9H,2-4H2,1H3,(H,16,19)(H3,14,17,18).